The van der Waals surface area contributed by atoms with Gasteiger partial charge in [-0.25, -0.2) is 9.50 Å². The van der Waals surface area contributed by atoms with E-state index in [1.807, 2.05) is 37.3 Å². The van der Waals surface area contributed by atoms with Crippen LogP contribution in [-0.2, 0) is 0 Å². The van der Waals surface area contributed by atoms with E-state index < -0.39 is 0 Å². The minimum atomic E-state index is -0.210. The summed E-state index contributed by atoms with van der Waals surface area (Å²) in [4.78, 5) is 17.2. The van der Waals surface area contributed by atoms with Crippen molar-refractivity contribution in [3.8, 4) is 17.1 Å². The molecule has 1 amide bonds. The van der Waals surface area contributed by atoms with Crippen LogP contribution in [-0.4, -0.2) is 27.6 Å². The zero-order chi connectivity index (χ0) is 19.7. The van der Waals surface area contributed by atoms with E-state index in [2.05, 4.69) is 15.4 Å². The Bertz CT molecular complexity index is 1190. The molecule has 7 heteroatoms. The average molecular weight is 393 g/mol. The first kappa shape index (κ1) is 18.0. The quantitative estimate of drug-likeness (QED) is 0.550. The number of benzene rings is 2. The Morgan fingerprint density at radius 2 is 1.96 bits per heavy atom. The van der Waals surface area contributed by atoms with Gasteiger partial charge in [-0.2, -0.15) is 0 Å². The molecule has 6 nitrogen and oxygen atoms in total. The molecule has 0 spiro atoms. The van der Waals surface area contributed by atoms with Gasteiger partial charge in [0.15, 0.2) is 5.65 Å². The third kappa shape index (κ3) is 3.42. The summed E-state index contributed by atoms with van der Waals surface area (Å²) < 4.78 is 6.79. The van der Waals surface area contributed by atoms with Gasteiger partial charge in [-0.05, 0) is 36.8 Å². The van der Waals surface area contributed by atoms with Gasteiger partial charge in [0.05, 0.1) is 29.7 Å². The number of amides is 1. The summed E-state index contributed by atoms with van der Waals surface area (Å²) >= 11 is 6.30. The van der Waals surface area contributed by atoms with Crippen LogP contribution >= 0.6 is 11.6 Å². The molecule has 4 rings (SSSR count). The average Bonchev–Trinajstić information content (AvgIpc) is 3.13. The maximum Gasteiger partial charge on any atom is 0.255 e. The molecule has 0 aliphatic carbocycles. The van der Waals surface area contributed by atoms with E-state index in [0.29, 0.717) is 33.5 Å². The molecule has 0 atom stereocenters. The van der Waals surface area contributed by atoms with E-state index in [0.717, 1.165) is 11.1 Å². The van der Waals surface area contributed by atoms with E-state index >= 15 is 0 Å². The van der Waals surface area contributed by atoms with Crippen LogP contribution in [0.2, 0.25) is 5.02 Å². The van der Waals surface area contributed by atoms with Crippen LogP contribution < -0.4 is 10.1 Å². The Morgan fingerprint density at radius 1 is 1.14 bits per heavy atom. The van der Waals surface area contributed by atoms with Crippen LogP contribution in [0.15, 0.2) is 60.8 Å². The molecule has 4 aromatic rings. The van der Waals surface area contributed by atoms with Crippen molar-refractivity contribution in [3.63, 3.8) is 0 Å². The highest BCUT2D eigenvalue weighted by Gasteiger charge is 2.13. The molecule has 2 aromatic carbocycles. The Balaban J connectivity index is 1.67. The number of nitrogens with zero attached hydrogens (tertiary/aromatic N) is 3. The first-order chi connectivity index (χ1) is 13.5. The normalized spacial score (nSPS) is 10.8. The number of hydrogen-bond donors (Lipinski definition) is 1. The van der Waals surface area contributed by atoms with E-state index in [1.54, 1.807) is 42.1 Å². The second kappa shape index (κ2) is 7.32. The number of nitrogens with one attached hydrogen (secondary N) is 1. The minimum absolute atomic E-state index is 0.210. The van der Waals surface area contributed by atoms with Gasteiger partial charge in [0.1, 0.15) is 0 Å². The van der Waals surface area contributed by atoms with E-state index in [-0.39, 0.29) is 5.91 Å². The molecule has 0 aliphatic rings. The number of aryl methyl sites for hydroxylation is 1. The number of hydrogen-bond acceptors (Lipinski definition) is 4. The smallest absolute Gasteiger partial charge is 0.255 e. The van der Waals surface area contributed by atoms with Gasteiger partial charge in [0.2, 0.25) is 5.88 Å². The zero-order valence-electron chi connectivity index (χ0n) is 15.3. The Kier molecular flexibility index (Phi) is 4.71. The van der Waals surface area contributed by atoms with Gasteiger partial charge >= 0.3 is 0 Å². The van der Waals surface area contributed by atoms with Crippen molar-refractivity contribution in [1.29, 1.82) is 0 Å². The molecule has 0 unspecified atom stereocenters. The molecule has 2 aromatic heterocycles. The van der Waals surface area contributed by atoms with Crippen molar-refractivity contribution < 1.29 is 9.53 Å². The largest absolute Gasteiger partial charge is 0.480 e. The van der Waals surface area contributed by atoms with Crippen molar-refractivity contribution >= 4 is 28.8 Å². The highest BCUT2D eigenvalue weighted by molar-refractivity contribution is 6.34. The fraction of sp³-hybridized carbons (Fsp3) is 0.0952. The number of fused-ring (bicyclic) bond motifs is 1. The SMILES string of the molecule is COc1ccc2nc(-c3ccc(Cl)c(NC(=O)c4ccccc4C)c3)cn2n1. The van der Waals surface area contributed by atoms with Crippen LogP contribution in [0.25, 0.3) is 16.9 Å². The lowest BCUT2D eigenvalue weighted by molar-refractivity contribution is 0.102. The highest BCUT2D eigenvalue weighted by atomic mass is 35.5. The predicted octanol–water partition coefficient (Wildman–Crippen LogP) is 4.62. The molecule has 28 heavy (non-hydrogen) atoms. The number of aromatic nitrogens is 3. The lowest BCUT2D eigenvalue weighted by Gasteiger charge is -2.10. The van der Waals surface area contributed by atoms with Gasteiger partial charge < -0.3 is 10.1 Å². The number of carbonyl (C=O) groups is 1. The Labute approximate surface area is 166 Å². The fourth-order valence-corrected chi connectivity index (χ4v) is 3.07. The Hall–Kier alpha value is -3.38. The number of methoxy groups -OCH3 is 1. The topological polar surface area (TPSA) is 68.5 Å². The van der Waals surface area contributed by atoms with Crippen molar-refractivity contribution in [2.75, 3.05) is 12.4 Å². The molecule has 1 N–H and O–H groups in total. The van der Waals surface area contributed by atoms with Crippen molar-refractivity contribution in [3.05, 3.63) is 76.9 Å². The highest BCUT2D eigenvalue weighted by Crippen LogP contribution is 2.29. The maximum atomic E-state index is 12.6. The summed E-state index contributed by atoms with van der Waals surface area (Å²) in [5, 5.41) is 7.66. The molecule has 0 bridgehead atoms. The fourth-order valence-electron chi connectivity index (χ4n) is 2.91. The van der Waals surface area contributed by atoms with Crippen LogP contribution in [0.5, 0.6) is 5.88 Å². The standard InChI is InChI=1S/C21H17ClN4O2/c1-13-5-3-4-6-15(13)21(27)24-17-11-14(7-8-16(17)22)18-12-26-19(23-18)9-10-20(25-26)28-2/h3-12H,1-2H3,(H,24,27). The predicted molar refractivity (Wildman–Crippen MR) is 109 cm³/mol. The molecular formula is C21H17ClN4O2. The monoisotopic (exact) mass is 392 g/mol. The summed E-state index contributed by atoms with van der Waals surface area (Å²) in [5.74, 6) is 0.289. The van der Waals surface area contributed by atoms with E-state index in [1.165, 1.54) is 0 Å². The second-order valence-corrected chi connectivity index (χ2v) is 6.68. The third-order valence-corrected chi connectivity index (χ3v) is 4.73. The molecule has 2 heterocycles. The Morgan fingerprint density at radius 3 is 2.75 bits per heavy atom. The minimum Gasteiger partial charge on any atom is -0.480 e. The summed E-state index contributed by atoms with van der Waals surface area (Å²) in [7, 11) is 1.56. The van der Waals surface area contributed by atoms with Gasteiger partial charge in [0, 0.05) is 17.2 Å². The number of anilines is 1. The van der Waals surface area contributed by atoms with Crippen LogP contribution in [0.1, 0.15) is 15.9 Å². The number of halogens is 1. The molecule has 0 radical (unpaired) electrons. The van der Waals surface area contributed by atoms with Crippen LogP contribution in [0.3, 0.4) is 0 Å². The molecule has 140 valence electrons. The molecule has 0 saturated carbocycles. The lowest BCUT2D eigenvalue weighted by atomic mass is 10.1. The van der Waals surface area contributed by atoms with Crippen LogP contribution in [0, 0.1) is 6.92 Å². The van der Waals surface area contributed by atoms with Crippen LogP contribution in [0.4, 0.5) is 5.69 Å². The molecule has 0 aliphatic heterocycles. The maximum absolute atomic E-state index is 12.6. The summed E-state index contributed by atoms with van der Waals surface area (Å²) in [5.41, 5.74) is 4.24. The number of ether oxygens (including phenoxy) is 1. The van der Waals surface area contributed by atoms with Gasteiger partial charge in [-0.1, -0.05) is 35.9 Å². The van der Waals surface area contributed by atoms with E-state index in [4.69, 9.17) is 16.3 Å². The second-order valence-electron chi connectivity index (χ2n) is 6.27. The number of rotatable bonds is 4. The summed E-state index contributed by atoms with van der Waals surface area (Å²) in [6, 6.07) is 16.4. The van der Waals surface area contributed by atoms with Crippen molar-refractivity contribution in [2.24, 2.45) is 0 Å². The van der Waals surface area contributed by atoms with E-state index in [9.17, 15) is 4.79 Å². The lowest BCUT2D eigenvalue weighted by Crippen LogP contribution is -2.13. The molecule has 0 saturated heterocycles. The molecule has 0 fully saturated rings. The first-order valence-corrected chi connectivity index (χ1v) is 9.00. The van der Waals surface area contributed by atoms with Crippen molar-refractivity contribution in [1.82, 2.24) is 14.6 Å². The first-order valence-electron chi connectivity index (χ1n) is 8.62. The number of imidazole rings is 1. The van der Waals surface area contributed by atoms with Gasteiger partial charge in [-0.15, -0.1) is 5.10 Å². The van der Waals surface area contributed by atoms with Gasteiger partial charge in [-0.3, -0.25) is 4.79 Å². The summed E-state index contributed by atoms with van der Waals surface area (Å²) in [6.07, 6.45) is 1.80. The zero-order valence-corrected chi connectivity index (χ0v) is 16.1. The molecular weight excluding hydrogens is 376 g/mol. The number of carbonyl (C=O) groups excluding carboxylic acids is 1. The van der Waals surface area contributed by atoms with Gasteiger partial charge in [0.25, 0.3) is 5.91 Å². The third-order valence-electron chi connectivity index (χ3n) is 4.40. The van der Waals surface area contributed by atoms with Crippen molar-refractivity contribution in [2.45, 2.75) is 6.92 Å². The summed E-state index contributed by atoms with van der Waals surface area (Å²) in [6.45, 7) is 1.89.